The molecule has 5 nitrogen and oxygen atoms in total. The lowest BCUT2D eigenvalue weighted by Crippen LogP contribution is -2.48. The quantitative estimate of drug-likeness (QED) is 0.890. The molecule has 3 N–H and O–H groups in total. The van der Waals surface area contributed by atoms with Crippen LogP contribution in [0.2, 0.25) is 0 Å². The van der Waals surface area contributed by atoms with E-state index >= 15 is 0 Å². The van der Waals surface area contributed by atoms with Crippen LogP contribution in [0.1, 0.15) is 44.0 Å². The number of hydrogen-bond acceptors (Lipinski definition) is 5. The molecule has 0 atom stereocenters. The number of nitrogens with two attached hydrogens (primary N) is 1. The van der Waals surface area contributed by atoms with Crippen molar-refractivity contribution in [2.45, 2.75) is 51.0 Å². The van der Waals surface area contributed by atoms with Gasteiger partial charge in [0.1, 0.15) is 5.01 Å². The maximum Gasteiger partial charge on any atom is 0.246 e. The molecular weight excluding hydrogens is 272 g/mol. The van der Waals surface area contributed by atoms with Crippen LogP contribution in [0, 0.1) is 0 Å². The first-order valence-corrected chi connectivity index (χ1v) is 6.88. The van der Waals surface area contributed by atoms with Crippen molar-refractivity contribution in [2.24, 2.45) is 5.73 Å². The van der Waals surface area contributed by atoms with Gasteiger partial charge in [0.05, 0.1) is 5.54 Å². The highest BCUT2D eigenvalue weighted by Crippen LogP contribution is 2.28. The number of rotatable bonds is 4. The molecule has 1 aromatic heterocycles. The Balaban J connectivity index is 0.00000162. The van der Waals surface area contributed by atoms with Crippen LogP contribution in [-0.2, 0) is 11.2 Å². The Morgan fingerprint density at radius 3 is 2.72 bits per heavy atom. The summed E-state index contributed by atoms with van der Waals surface area (Å²) in [6.45, 7) is 2.09. The van der Waals surface area contributed by atoms with Crippen LogP contribution >= 0.6 is 23.7 Å². The van der Waals surface area contributed by atoms with Crippen molar-refractivity contribution in [3.63, 3.8) is 0 Å². The van der Waals surface area contributed by atoms with Crippen molar-refractivity contribution >= 4 is 34.8 Å². The van der Waals surface area contributed by atoms with Crippen LogP contribution in [-0.4, -0.2) is 21.6 Å². The Kier molecular flexibility index (Phi) is 5.49. The molecule has 1 amide bonds. The Morgan fingerprint density at radius 1 is 1.44 bits per heavy atom. The molecule has 0 aliphatic heterocycles. The van der Waals surface area contributed by atoms with Crippen molar-refractivity contribution in [3.8, 4) is 0 Å². The zero-order chi connectivity index (χ0) is 12.3. The summed E-state index contributed by atoms with van der Waals surface area (Å²) in [4.78, 5) is 12.0. The lowest BCUT2D eigenvalue weighted by atomic mass is 9.98. The Bertz CT molecular complexity index is 404. The normalized spacial score (nSPS) is 17.2. The zero-order valence-electron chi connectivity index (χ0n) is 10.4. The van der Waals surface area contributed by atoms with E-state index in [9.17, 15) is 4.79 Å². The Labute approximate surface area is 117 Å². The molecule has 7 heteroatoms. The maximum absolute atomic E-state index is 12.0. The standard InChI is InChI=1S/C11H18N4OS.ClH/c1-2-5-8-14-15-10(17-8)13-9(16)11(12)6-3-4-7-11;/h2-7,12H2,1H3,(H,13,15,16);1H. The van der Waals surface area contributed by atoms with Gasteiger partial charge >= 0.3 is 0 Å². The van der Waals surface area contributed by atoms with Gasteiger partial charge in [0.25, 0.3) is 0 Å². The van der Waals surface area contributed by atoms with Crippen molar-refractivity contribution in [3.05, 3.63) is 5.01 Å². The third kappa shape index (κ3) is 3.40. The highest BCUT2D eigenvalue weighted by molar-refractivity contribution is 7.15. The number of nitrogens with zero attached hydrogens (tertiary/aromatic N) is 2. The van der Waals surface area contributed by atoms with E-state index in [1.165, 1.54) is 11.3 Å². The number of carbonyl (C=O) groups excluding carboxylic acids is 1. The highest BCUT2D eigenvalue weighted by atomic mass is 35.5. The largest absolute Gasteiger partial charge is 0.317 e. The fourth-order valence-corrected chi connectivity index (χ4v) is 2.91. The number of anilines is 1. The number of aromatic nitrogens is 2. The van der Waals surface area contributed by atoms with E-state index in [1.54, 1.807) is 0 Å². The SMILES string of the molecule is CCCc1nnc(NC(=O)C2(N)CCCC2)s1.Cl. The van der Waals surface area contributed by atoms with Gasteiger partial charge in [-0.1, -0.05) is 31.1 Å². The summed E-state index contributed by atoms with van der Waals surface area (Å²) in [7, 11) is 0. The van der Waals surface area contributed by atoms with Gasteiger partial charge in [0.15, 0.2) is 0 Å². The zero-order valence-corrected chi connectivity index (χ0v) is 12.1. The van der Waals surface area contributed by atoms with Crippen LogP contribution in [0.25, 0.3) is 0 Å². The minimum absolute atomic E-state index is 0. The number of aryl methyl sites for hydroxylation is 1. The van der Waals surface area contributed by atoms with Crippen molar-refractivity contribution in [1.29, 1.82) is 0 Å². The molecule has 102 valence electrons. The summed E-state index contributed by atoms with van der Waals surface area (Å²) in [5.41, 5.74) is 5.36. The van der Waals surface area contributed by atoms with E-state index in [2.05, 4.69) is 22.4 Å². The van der Waals surface area contributed by atoms with Crippen LogP contribution < -0.4 is 11.1 Å². The van der Waals surface area contributed by atoms with Crippen LogP contribution in [0.15, 0.2) is 0 Å². The van der Waals surface area contributed by atoms with E-state index < -0.39 is 5.54 Å². The molecule has 0 unspecified atom stereocenters. The van der Waals surface area contributed by atoms with Gasteiger partial charge in [-0.2, -0.15) is 0 Å². The lowest BCUT2D eigenvalue weighted by Gasteiger charge is -2.20. The Hall–Kier alpha value is -0.720. The van der Waals surface area contributed by atoms with Crippen molar-refractivity contribution in [1.82, 2.24) is 10.2 Å². The van der Waals surface area contributed by atoms with Crippen LogP contribution in [0.4, 0.5) is 5.13 Å². The van der Waals surface area contributed by atoms with Gasteiger partial charge < -0.3 is 5.73 Å². The molecule has 1 saturated carbocycles. The third-order valence-corrected chi connectivity index (χ3v) is 4.00. The summed E-state index contributed by atoms with van der Waals surface area (Å²) >= 11 is 1.43. The molecule has 0 saturated heterocycles. The second-order valence-corrected chi connectivity index (χ2v) is 5.63. The molecule has 18 heavy (non-hydrogen) atoms. The fraction of sp³-hybridized carbons (Fsp3) is 0.727. The lowest BCUT2D eigenvalue weighted by molar-refractivity contribution is -0.121. The topological polar surface area (TPSA) is 80.9 Å². The van der Waals surface area contributed by atoms with Crippen molar-refractivity contribution in [2.75, 3.05) is 5.32 Å². The smallest absolute Gasteiger partial charge is 0.246 e. The molecular formula is C11H19ClN4OS. The molecule has 1 aromatic rings. The summed E-state index contributed by atoms with van der Waals surface area (Å²) in [6, 6.07) is 0. The second kappa shape index (κ2) is 6.45. The van der Waals surface area contributed by atoms with E-state index in [0.717, 1.165) is 43.5 Å². The molecule has 1 aliphatic rings. The minimum atomic E-state index is -0.698. The summed E-state index contributed by atoms with van der Waals surface area (Å²) in [5.74, 6) is -0.116. The average Bonchev–Trinajstić information content (AvgIpc) is 2.90. The second-order valence-electron chi connectivity index (χ2n) is 4.57. The van der Waals surface area contributed by atoms with Gasteiger partial charge in [-0.25, -0.2) is 0 Å². The van der Waals surface area contributed by atoms with Gasteiger partial charge in [-0.3, -0.25) is 10.1 Å². The van der Waals surface area contributed by atoms with E-state index in [0.29, 0.717) is 5.13 Å². The first-order chi connectivity index (χ1) is 8.14. The van der Waals surface area contributed by atoms with Gasteiger partial charge in [0, 0.05) is 6.42 Å². The predicted molar refractivity (Wildman–Crippen MR) is 75.2 cm³/mol. The number of hydrogen-bond donors (Lipinski definition) is 2. The summed E-state index contributed by atoms with van der Waals surface area (Å²) in [5, 5.41) is 12.3. The maximum atomic E-state index is 12.0. The molecule has 1 heterocycles. The first-order valence-electron chi connectivity index (χ1n) is 6.07. The summed E-state index contributed by atoms with van der Waals surface area (Å²) in [6.07, 6.45) is 5.52. The number of halogens is 1. The number of carbonyl (C=O) groups is 1. The fourth-order valence-electron chi connectivity index (χ4n) is 2.07. The van der Waals surface area contributed by atoms with Crippen LogP contribution in [0.3, 0.4) is 0 Å². The molecule has 1 fully saturated rings. The van der Waals surface area contributed by atoms with E-state index in [1.807, 2.05) is 0 Å². The molecule has 0 radical (unpaired) electrons. The molecule has 1 aliphatic carbocycles. The van der Waals surface area contributed by atoms with Gasteiger partial charge in [-0.05, 0) is 19.3 Å². The van der Waals surface area contributed by atoms with E-state index in [-0.39, 0.29) is 18.3 Å². The molecule has 0 bridgehead atoms. The molecule has 0 spiro atoms. The first kappa shape index (κ1) is 15.3. The van der Waals surface area contributed by atoms with Crippen molar-refractivity contribution < 1.29 is 4.79 Å². The highest BCUT2D eigenvalue weighted by Gasteiger charge is 2.37. The molecule has 0 aromatic carbocycles. The third-order valence-electron chi connectivity index (χ3n) is 3.10. The van der Waals surface area contributed by atoms with E-state index in [4.69, 9.17) is 5.73 Å². The average molecular weight is 291 g/mol. The summed E-state index contributed by atoms with van der Waals surface area (Å²) < 4.78 is 0. The number of amides is 1. The number of nitrogens with one attached hydrogen (secondary N) is 1. The Morgan fingerprint density at radius 2 is 2.11 bits per heavy atom. The minimum Gasteiger partial charge on any atom is -0.317 e. The predicted octanol–water partition coefficient (Wildman–Crippen LogP) is 2.12. The monoisotopic (exact) mass is 290 g/mol. The van der Waals surface area contributed by atoms with Gasteiger partial charge in [-0.15, -0.1) is 22.6 Å². The molecule has 2 rings (SSSR count). The van der Waals surface area contributed by atoms with Gasteiger partial charge in [0.2, 0.25) is 11.0 Å². The van der Waals surface area contributed by atoms with Crippen LogP contribution in [0.5, 0.6) is 0 Å².